The molecule has 0 radical (unpaired) electrons. The van der Waals surface area contributed by atoms with Gasteiger partial charge in [0.05, 0.1) is 17.5 Å². The summed E-state index contributed by atoms with van der Waals surface area (Å²) in [4.78, 5) is 11.8. The molecule has 0 bridgehead atoms. The first-order chi connectivity index (χ1) is 9.37. The molecule has 1 saturated heterocycles. The number of hydrogen-bond acceptors (Lipinski definition) is 3. The summed E-state index contributed by atoms with van der Waals surface area (Å²) in [5.74, 6) is 0.152. The summed E-state index contributed by atoms with van der Waals surface area (Å²) in [5, 5.41) is 6.03. The number of sulfone groups is 1. The number of benzene rings is 1. The third-order valence-corrected chi connectivity index (χ3v) is 5.40. The van der Waals surface area contributed by atoms with E-state index in [-0.39, 0.29) is 29.6 Å². The maximum Gasteiger partial charge on any atom is 0.315 e. The Labute approximate surface area is 123 Å². The van der Waals surface area contributed by atoms with Crippen LogP contribution in [0.15, 0.2) is 24.3 Å². The third kappa shape index (κ3) is 3.86. The maximum atomic E-state index is 11.8. The van der Waals surface area contributed by atoms with E-state index in [1.807, 2.05) is 25.1 Å². The predicted octanol–water partition coefficient (Wildman–Crippen LogP) is 1.89. The van der Waals surface area contributed by atoms with Crippen LogP contribution < -0.4 is 10.6 Å². The van der Waals surface area contributed by atoms with Gasteiger partial charge in [0, 0.05) is 11.1 Å². The van der Waals surface area contributed by atoms with Gasteiger partial charge in [0.2, 0.25) is 0 Å². The standard InChI is InChI=1S/C13H17ClN2O3S/c1-9(11-4-2-3-5-12(11)14)15-13(17)16-10-6-7-20(18,19)8-10/h2-5,9-10H,6-8H2,1H3,(H2,15,16,17)/t9-,10+/m0/s1. The van der Waals surface area contributed by atoms with Crippen molar-refractivity contribution in [2.24, 2.45) is 0 Å². The van der Waals surface area contributed by atoms with Crippen molar-refractivity contribution in [3.05, 3.63) is 34.9 Å². The molecular weight excluding hydrogens is 300 g/mol. The van der Waals surface area contributed by atoms with Crippen molar-refractivity contribution >= 4 is 27.5 Å². The summed E-state index contributed by atoms with van der Waals surface area (Å²) < 4.78 is 22.6. The lowest BCUT2D eigenvalue weighted by Crippen LogP contribution is -2.43. The van der Waals surface area contributed by atoms with Crippen molar-refractivity contribution in [3.8, 4) is 0 Å². The molecule has 20 heavy (non-hydrogen) atoms. The van der Waals surface area contributed by atoms with Gasteiger partial charge < -0.3 is 10.6 Å². The summed E-state index contributed by atoms with van der Waals surface area (Å²) >= 11 is 6.06. The molecule has 5 nitrogen and oxygen atoms in total. The molecule has 1 aromatic carbocycles. The molecular formula is C13H17ClN2O3S. The first-order valence-corrected chi connectivity index (χ1v) is 8.59. The summed E-state index contributed by atoms with van der Waals surface area (Å²) in [7, 11) is -2.99. The molecule has 2 N–H and O–H groups in total. The van der Waals surface area contributed by atoms with Gasteiger partial charge in [-0.05, 0) is 25.0 Å². The minimum atomic E-state index is -2.99. The van der Waals surface area contributed by atoms with Crippen molar-refractivity contribution in [2.75, 3.05) is 11.5 Å². The topological polar surface area (TPSA) is 75.3 Å². The highest BCUT2D eigenvalue weighted by Gasteiger charge is 2.29. The van der Waals surface area contributed by atoms with E-state index in [0.29, 0.717) is 11.4 Å². The number of amides is 2. The van der Waals surface area contributed by atoms with Crippen LogP contribution >= 0.6 is 11.6 Å². The number of carbonyl (C=O) groups excluding carboxylic acids is 1. The lowest BCUT2D eigenvalue weighted by Gasteiger charge is -2.18. The van der Waals surface area contributed by atoms with Crippen molar-refractivity contribution < 1.29 is 13.2 Å². The lowest BCUT2D eigenvalue weighted by molar-refractivity contribution is 0.235. The first kappa shape index (κ1) is 15.1. The second kappa shape index (κ2) is 6.01. The van der Waals surface area contributed by atoms with E-state index < -0.39 is 9.84 Å². The molecule has 1 fully saturated rings. The fraction of sp³-hybridized carbons (Fsp3) is 0.462. The minimum absolute atomic E-state index is 0.0148. The number of hydrogen-bond donors (Lipinski definition) is 2. The Morgan fingerprint density at radius 1 is 1.40 bits per heavy atom. The second-order valence-electron chi connectivity index (χ2n) is 4.96. The Bertz CT molecular complexity index is 603. The van der Waals surface area contributed by atoms with Gasteiger partial charge in [0.15, 0.2) is 9.84 Å². The van der Waals surface area contributed by atoms with Crippen molar-refractivity contribution in [1.29, 1.82) is 0 Å². The van der Waals surface area contributed by atoms with Crippen LogP contribution in [0.2, 0.25) is 5.02 Å². The highest BCUT2D eigenvalue weighted by Crippen LogP contribution is 2.22. The van der Waals surface area contributed by atoms with Gasteiger partial charge in [-0.1, -0.05) is 29.8 Å². The fourth-order valence-corrected chi connectivity index (χ4v) is 4.21. The molecule has 1 aliphatic heterocycles. The van der Waals surface area contributed by atoms with Crippen molar-refractivity contribution in [2.45, 2.75) is 25.4 Å². The van der Waals surface area contributed by atoms with Gasteiger partial charge in [-0.2, -0.15) is 0 Å². The Morgan fingerprint density at radius 3 is 2.70 bits per heavy atom. The molecule has 1 aliphatic rings. The van der Waals surface area contributed by atoms with Gasteiger partial charge in [0.25, 0.3) is 0 Å². The van der Waals surface area contributed by atoms with E-state index >= 15 is 0 Å². The van der Waals surface area contributed by atoms with Crippen LogP contribution in [-0.2, 0) is 9.84 Å². The number of urea groups is 1. The molecule has 1 aromatic rings. The predicted molar refractivity (Wildman–Crippen MR) is 78.6 cm³/mol. The number of carbonyl (C=O) groups is 1. The van der Waals surface area contributed by atoms with Crippen LogP contribution in [0, 0.1) is 0 Å². The third-order valence-electron chi connectivity index (χ3n) is 3.29. The molecule has 2 atom stereocenters. The van der Waals surface area contributed by atoms with Crippen LogP contribution in [-0.4, -0.2) is 32.0 Å². The molecule has 7 heteroatoms. The van der Waals surface area contributed by atoms with E-state index in [0.717, 1.165) is 5.56 Å². The molecule has 0 saturated carbocycles. The van der Waals surface area contributed by atoms with Crippen LogP contribution in [0.5, 0.6) is 0 Å². The van der Waals surface area contributed by atoms with Gasteiger partial charge in [-0.15, -0.1) is 0 Å². The zero-order chi connectivity index (χ0) is 14.8. The fourth-order valence-electron chi connectivity index (χ4n) is 2.24. The van der Waals surface area contributed by atoms with Gasteiger partial charge in [-0.25, -0.2) is 13.2 Å². The molecule has 2 amide bonds. The Hall–Kier alpha value is -1.27. The Kier molecular flexibility index (Phi) is 4.55. The lowest BCUT2D eigenvalue weighted by atomic mass is 10.1. The van der Waals surface area contributed by atoms with Crippen molar-refractivity contribution in [1.82, 2.24) is 10.6 Å². The van der Waals surface area contributed by atoms with Gasteiger partial charge in [0.1, 0.15) is 0 Å². The van der Waals surface area contributed by atoms with Crippen LogP contribution in [0.3, 0.4) is 0 Å². The Morgan fingerprint density at radius 2 is 2.10 bits per heavy atom. The average Bonchev–Trinajstić information content (AvgIpc) is 2.68. The van der Waals surface area contributed by atoms with E-state index in [2.05, 4.69) is 10.6 Å². The zero-order valence-electron chi connectivity index (χ0n) is 11.1. The van der Waals surface area contributed by atoms with Crippen molar-refractivity contribution in [3.63, 3.8) is 0 Å². The molecule has 110 valence electrons. The number of halogens is 1. The summed E-state index contributed by atoms with van der Waals surface area (Å²) in [6.07, 6.45) is 0.468. The molecule has 0 aliphatic carbocycles. The van der Waals surface area contributed by atoms with E-state index in [4.69, 9.17) is 11.6 Å². The normalized spacial score (nSPS) is 22.2. The van der Waals surface area contributed by atoms with Gasteiger partial charge in [-0.3, -0.25) is 0 Å². The summed E-state index contributed by atoms with van der Waals surface area (Å²) in [6.45, 7) is 1.83. The Balaban J connectivity index is 1.90. The molecule has 1 heterocycles. The monoisotopic (exact) mass is 316 g/mol. The maximum absolute atomic E-state index is 11.8. The van der Waals surface area contributed by atoms with E-state index in [1.54, 1.807) is 6.07 Å². The average molecular weight is 317 g/mol. The molecule has 0 spiro atoms. The van der Waals surface area contributed by atoms with E-state index in [1.165, 1.54) is 0 Å². The zero-order valence-corrected chi connectivity index (χ0v) is 12.7. The largest absolute Gasteiger partial charge is 0.334 e. The highest BCUT2D eigenvalue weighted by molar-refractivity contribution is 7.91. The first-order valence-electron chi connectivity index (χ1n) is 6.39. The SMILES string of the molecule is C[C@H](NC(=O)N[C@@H]1CCS(=O)(=O)C1)c1ccccc1Cl. The molecule has 0 unspecified atom stereocenters. The number of rotatable bonds is 3. The molecule has 2 rings (SSSR count). The molecule has 0 aromatic heterocycles. The van der Waals surface area contributed by atoms with Crippen LogP contribution in [0.25, 0.3) is 0 Å². The second-order valence-corrected chi connectivity index (χ2v) is 7.60. The van der Waals surface area contributed by atoms with Crippen LogP contribution in [0.1, 0.15) is 24.9 Å². The smallest absolute Gasteiger partial charge is 0.315 e. The highest BCUT2D eigenvalue weighted by atomic mass is 35.5. The quantitative estimate of drug-likeness (QED) is 0.894. The number of nitrogens with one attached hydrogen (secondary N) is 2. The summed E-state index contributed by atoms with van der Waals surface area (Å²) in [6, 6.07) is 6.34. The van der Waals surface area contributed by atoms with E-state index in [9.17, 15) is 13.2 Å². The summed E-state index contributed by atoms with van der Waals surface area (Å²) in [5.41, 5.74) is 0.823. The minimum Gasteiger partial charge on any atom is -0.334 e. The van der Waals surface area contributed by atoms with Gasteiger partial charge >= 0.3 is 6.03 Å². The van der Waals surface area contributed by atoms with Crippen LogP contribution in [0.4, 0.5) is 4.79 Å².